The first-order valence-corrected chi connectivity index (χ1v) is 11.8. The van der Waals surface area contributed by atoms with E-state index in [4.69, 9.17) is 4.74 Å². The van der Waals surface area contributed by atoms with Gasteiger partial charge in [-0.3, -0.25) is 9.52 Å². The van der Waals surface area contributed by atoms with Crippen LogP contribution in [0.3, 0.4) is 0 Å². The molecule has 0 saturated carbocycles. The van der Waals surface area contributed by atoms with Crippen molar-refractivity contribution in [3.8, 4) is 5.75 Å². The Hall–Kier alpha value is -3.32. The van der Waals surface area contributed by atoms with Crippen molar-refractivity contribution < 1.29 is 17.9 Å². The summed E-state index contributed by atoms with van der Waals surface area (Å²) >= 11 is 0. The summed E-state index contributed by atoms with van der Waals surface area (Å²) in [6.45, 7) is 9.34. The molecule has 0 fully saturated rings. The minimum Gasteiger partial charge on any atom is -0.480 e. The Balaban J connectivity index is 1.67. The largest absolute Gasteiger partial charge is 0.480 e. The van der Waals surface area contributed by atoms with Crippen LogP contribution in [0.15, 0.2) is 65.6 Å². The molecule has 0 aliphatic rings. The van der Waals surface area contributed by atoms with Gasteiger partial charge < -0.3 is 10.1 Å². The molecule has 32 heavy (non-hydrogen) atoms. The van der Waals surface area contributed by atoms with Gasteiger partial charge in [0.05, 0.1) is 10.6 Å². The van der Waals surface area contributed by atoms with Gasteiger partial charge in [0.25, 0.3) is 15.9 Å². The SMILES string of the molecule is Cc1ccc(NS(=O)(=O)c2ccc(NC(=O)C(C)Oc3c(C)cccc3C)cc2)c(C)c1. The second kappa shape index (κ2) is 9.44. The van der Waals surface area contributed by atoms with Crippen LogP contribution in [0.2, 0.25) is 0 Å². The van der Waals surface area contributed by atoms with Gasteiger partial charge in [0, 0.05) is 5.69 Å². The van der Waals surface area contributed by atoms with E-state index in [1.54, 1.807) is 25.1 Å². The highest BCUT2D eigenvalue weighted by atomic mass is 32.2. The Bertz CT molecular complexity index is 1220. The minimum absolute atomic E-state index is 0.107. The number of rotatable bonds is 7. The lowest BCUT2D eigenvalue weighted by Crippen LogP contribution is -2.30. The molecule has 0 bridgehead atoms. The third-order valence-corrected chi connectivity index (χ3v) is 6.51. The zero-order chi connectivity index (χ0) is 23.5. The number of anilines is 2. The van der Waals surface area contributed by atoms with E-state index in [9.17, 15) is 13.2 Å². The van der Waals surface area contributed by atoms with Crippen molar-refractivity contribution in [3.63, 3.8) is 0 Å². The van der Waals surface area contributed by atoms with Gasteiger partial charge >= 0.3 is 0 Å². The molecule has 168 valence electrons. The molecule has 0 aliphatic carbocycles. The number of benzene rings is 3. The molecule has 7 heteroatoms. The fourth-order valence-electron chi connectivity index (χ4n) is 3.31. The highest BCUT2D eigenvalue weighted by molar-refractivity contribution is 7.92. The van der Waals surface area contributed by atoms with Gasteiger partial charge in [-0.2, -0.15) is 0 Å². The molecule has 1 unspecified atom stereocenters. The van der Waals surface area contributed by atoms with E-state index >= 15 is 0 Å². The van der Waals surface area contributed by atoms with Gasteiger partial charge in [0.2, 0.25) is 0 Å². The van der Waals surface area contributed by atoms with Crippen molar-refractivity contribution in [3.05, 3.63) is 82.9 Å². The maximum atomic E-state index is 12.7. The van der Waals surface area contributed by atoms with Crippen LogP contribution in [0.5, 0.6) is 5.75 Å². The Morgan fingerprint density at radius 3 is 2.09 bits per heavy atom. The molecule has 3 aromatic carbocycles. The minimum atomic E-state index is -3.75. The van der Waals surface area contributed by atoms with Crippen LogP contribution in [-0.2, 0) is 14.8 Å². The lowest BCUT2D eigenvalue weighted by molar-refractivity contribution is -0.122. The first-order valence-electron chi connectivity index (χ1n) is 10.3. The van der Waals surface area contributed by atoms with Crippen LogP contribution in [-0.4, -0.2) is 20.4 Å². The predicted molar refractivity (Wildman–Crippen MR) is 128 cm³/mol. The lowest BCUT2D eigenvalue weighted by atomic mass is 10.1. The predicted octanol–water partition coefficient (Wildman–Crippen LogP) is 5.13. The van der Waals surface area contributed by atoms with E-state index in [2.05, 4.69) is 10.0 Å². The zero-order valence-electron chi connectivity index (χ0n) is 18.9. The van der Waals surface area contributed by atoms with Crippen molar-refractivity contribution in [2.24, 2.45) is 0 Å². The number of hydrogen-bond donors (Lipinski definition) is 2. The van der Waals surface area contributed by atoms with Gasteiger partial charge in [-0.15, -0.1) is 0 Å². The van der Waals surface area contributed by atoms with Crippen molar-refractivity contribution in [2.45, 2.75) is 45.6 Å². The molecular weight excluding hydrogens is 424 g/mol. The zero-order valence-corrected chi connectivity index (χ0v) is 19.7. The second-order valence-corrected chi connectivity index (χ2v) is 9.60. The molecule has 3 rings (SSSR count). The Kier molecular flexibility index (Phi) is 6.89. The van der Waals surface area contributed by atoms with Crippen LogP contribution < -0.4 is 14.8 Å². The summed E-state index contributed by atoms with van der Waals surface area (Å²) in [6, 6.07) is 17.3. The monoisotopic (exact) mass is 452 g/mol. The number of nitrogens with one attached hydrogen (secondary N) is 2. The van der Waals surface area contributed by atoms with E-state index < -0.39 is 16.1 Å². The molecule has 1 amide bonds. The van der Waals surface area contributed by atoms with Gasteiger partial charge in [-0.05, 0) is 81.6 Å². The van der Waals surface area contributed by atoms with Gasteiger partial charge in [0.15, 0.2) is 6.10 Å². The van der Waals surface area contributed by atoms with Gasteiger partial charge in [0.1, 0.15) is 5.75 Å². The quantitative estimate of drug-likeness (QED) is 0.521. The average molecular weight is 453 g/mol. The molecule has 0 aliphatic heterocycles. The Morgan fingerprint density at radius 2 is 1.50 bits per heavy atom. The van der Waals surface area contributed by atoms with Crippen LogP contribution in [0.4, 0.5) is 11.4 Å². The summed E-state index contributed by atoms with van der Waals surface area (Å²) in [4.78, 5) is 12.7. The Labute approximate surface area is 189 Å². The van der Waals surface area contributed by atoms with E-state index in [-0.39, 0.29) is 10.8 Å². The third-order valence-electron chi connectivity index (χ3n) is 5.13. The second-order valence-electron chi connectivity index (χ2n) is 7.92. The van der Waals surface area contributed by atoms with E-state index in [0.29, 0.717) is 17.1 Å². The number of carbonyl (C=O) groups excluding carboxylic acids is 1. The third kappa shape index (κ3) is 5.48. The summed E-state index contributed by atoms with van der Waals surface area (Å²) in [7, 11) is -3.75. The fourth-order valence-corrected chi connectivity index (χ4v) is 4.44. The van der Waals surface area contributed by atoms with E-state index in [0.717, 1.165) is 22.3 Å². The Morgan fingerprint density at radius 1 is 0.875 bits per heavy atom. The summed E-state index contributed by atoms with van der Waals surface area (Å²) in [5, 5.41) is 2.77. The molecule has 0 saturated heterocycles. The van der Waals surface area contributed by atoms with Crippen LogP contribution in [0.25, 0.3) is 0 Å². The standard InChI is InChI=1S/C25H28N2O4S/c1-16-9-14-23(19(4)15-16)27-32(29,30)22-12-10-21(11-13-22)26-25(28)20(5)31-24-17(2)7-6-8-18(24)3/h6-15,20,27H,1-5H3,(H,26,28). The molecule has 0 aromatic heterocycles. The van der Waals surface area contributed by atoms with Crippen molar-refractivity contribution in [1.29, 1.82) is 0 Å². The maximum Gasteiger partial charge on any atom is 0.265 e. The van der Waals surface area contributed by atoms with Crippen LogP contribution in [0, 0.1) is 27.7 Å². The lowest BCUT2D eigenvalue weighted by Gasteiger charge is -2.18. The summed E-state index contributed by atoms with van der Waals surface area (Å²) in [6.07, 6.45) is -0.718. The number of sulfonamides is 1. The highest BCUT2D eigenvalue weighted by Gasteiger charge is 2.19. The first-order chi connectivity index (χ1) is 15.1. The molecule has 3 aromatic rings. The number of amides is 1. The van der Waals surface area contributed by atoms with Crippen molar-refractivity contribution in [2.75, 3.05) is 10.0 Å². The summed E-state index contributed by atoms with van der Waals surface area (Å²) < 4.78 is 33.9. The molecule has 2 N–H and O–H groups in total. The maximum absolute atomic E-state index is 12.7. The normalized spacial score (nSPS) is 12.2. The number of hydrogen-bond acceptors (Lipinski definition) is 4. The number of carbonyl (C=O) groups is 1. The van der Waals surface area contributed by atoms with E-state index in [1.807, 2.05) is 58.0 Å². The molecule has 0 radical (unpaired) electrons. The average Bonchev–Trinajstić information content (AvgIpc) is 2.73. The van der Waals surface area contributed by atoms with Gasteiger partial charge in [-0.1, -0.05) is 35.9 Å². The topological polar surface area (TPSA) is 84.5 Å². The number of para-hydroxylation sites is 1. The van der Waals surface area contributed by atoms with Crippen molar-refractivity contribution in [1.82, 2.24) is 0 Å². The smallest absolute Gasteiger partial charge is 0.265 e. The molecule has 6 nitrogen and oxygen atoms in total. The summed E-state index contributed by atoms with van der Waals surface area (Å²) in [5.74, 6) is 0.366. The molecular formula is C25H28N2O4S. The first kappa shape index (κ1) is 23.3. The van der Waals surface area contributed by atoms with E-state index in [1.165, 1.54) is 12.1 Å². The highest BCUT2D eigenvalue weighted by Crippen LogP contribution is 2.25. The van der Waals surface area contributed by atoms with Crippen LogP contribution in [0.1, 0.15) is 29.2 Å². The fraction of sp³-hybridized carbons (Fsp3) is 0.240. The number of ether oxygens (including phenoxy) is 1. The molecule has 0 heterocycles. The summed E-state index contributed by atoms with van der Waals surface area (Å²) in [5.41, 5.74) is 4.82. The van der Waals surface area contributed by atoms with Gasteiger partial charge in [-0.25, -0.2) is 8.42 Å². The molecule has 0 spiro atoms. The van der Waals surface area contributed by atoms with Crippen LogP contribution >= 0.6 is 0 Å². The molecule has 1 atom stereocenters. The van der Waals surface area contributed by atoms with Crippen molar-refractivity contribution >= 4 is 27.3 Å². The number of aryl methyl sites for hydroxylation is 4.